The molecule has 0 N–H and O–H groups in total. The molecule has 1 aliphatic heterocycles. The molecule has 2 heterocycles. The Labute approximate surface area is 109 Å². The van der Waals surface area contributed by atoms with Crippen molar-refractivity contribution < 1.29 is 0 Å². The second-order valence-electron chi connectivity index (χ2n) is 5.18. The minimum Gasteiger partial charge on any atom is -0.296 e. The number of rotatable bonds is 4. The quantitative estimate of drug-likeness (QED) is 0.760. The molecule has 1 aliphatic rings. The van der Waals surface area contributed by atoms with Gasteiger partial charge in [-0.3, -0.25) is 4.90 Å². The van der Waals surface area contributed by atoms with Crippen molar-refractivity contribution in [1.82, 2.24) is 9.88 Å². The normalized spacial score (nSPS) is 21.3. The maximum Gasteiger partial charge on any atom is 0.0957 e. The lowest BCUT2D eigenvalue weighted by molar-refractivity contribution is 0.228. The van der Waals surface area contributed by atoms with E-state index in [1.54, 1.807) is 11.8 Å². The maximum absolute atomic E-state index is 4.49. The monoisotopic (exact) mass is 250 g/mol. The Morgan fingerprint density at radius 2 is 2.29 bits per heavy atom. The zero-order valence-electron chi connectivity index (χ0n) is 11.0. The minimum absolute atomic E-state index is 0.598. The molecule has 1 fully saturated rings. The fourth-order valence-electron chi connectivity index (χ4n) is 2.60. The lowest BCUT2D eigenvalue weighted by atomic mass is 10.1. The number of likely N-dealkylation sites (tertiary alicyclic amines) is 1. The summed E-state index contributed by atoms with van der Waals surface area (Å²) >= 11 is 1.71. The fourth-order valence-corrected chi connectivity index (χ4v) is 2.96. The lowest BCUT2D eigenvalue weighted by Gasteiger charge is -2.26. The highest BCUT2D eigenvalue weighted by molar-refractivity contribution is 7.98. The van der Waals surface area contributed by atoms with Crippen LogP contribution in [0.15, 0.2) is 23.4 Å². The molecular formula is C14H22N2S. The van der Waals surface area contributed by atoms with E-state index in [4.69, 9.17) is 0 Å². The van der Waals surface area contributed by atoms with Gasteiger partial charge in [-0.05, 0) is 43.2 Å². The summed E-state index contributed by atoms with van der Waals surface area (Å²) in [5.74, 6) is 0.744. The fraction of sp³-hybridized carbons (Fsp3) is 0.643. The van der Waals surface area contributed by atoms with Crippen LogP contribution in [-0.4, -0.2) is 29.2 Å². The Balaban J connectivity index is 2.08. The van der Waals surface area contributed by atoms with E-state index in [1.807, 2.05) is 0 Å². The van der Waals surface area contributed by atoms with Gasteiger partial charge in [0.15, 0.2) is 0 Å². The van der Waals surface area contributed by atoms with Gasteiger partial charge >= 0.3 is 0 Å². The Bertz CT molecular complexity index is 348. The average Bonchev–Trinajstić information content (AvgIpc) is 2.76. The SMILES string of the molecule is CSc1ccc([C@@H]2CCCN2CC(C)C)cn1. The third kappa shape index (κ3) is 3.23. The molecule has 1 saturated heterocycles. The molecule has 2 nitrogen and oxygen atoms in total. The summed E-state index contributed by atoms with van der Waals surface area (Å²) in [5, 5.41) is 1.11. The Kier molecular flexibility index (Phi) is 4.46. The molecule has 17 heavy (non-hydrogen) atoms. The number of nitrogens with zero attached hydrogens (tertiary/aromatic N) is 2. The van der Waals surface area contributed by atoms with Crippen LogP contribution in [0.2, 0.25) is 0 Å². The standard InChI is InChI=1S/C14H22N2S/c1-11(2)10-16-8-4-5-13(16)12-6-7-14(17-3)15-9-12/h6-7,9,11,13H,4-5,8,10H2,1-3H3/t13-/m0/s1. The average molecular weight is 250 g/mol. The Morgan fingerprint density at radius 3 is 2.88 bits per heavy atom. The molecule has 0 unspecified atom stereocenters. The summed E-state index contributed by atoms with van der Waals surface area (Å²) < 4.78 is 0. The number of hydrogen-bond donors (Lipinski definition) is 0. The van der Waals surface area contributed by atoms with E-state index >= 15 is 0 Å². The van der Waals surface area contributed by atoms with Crippen LogP contribution in [-0.2, 0) is 0 Å². The molecular weight excluding hydrogens is 228 g/mol. The lowest BCUT2D eigenvalue weighted by Crippen LogP contribution is -2.27. The highest BCUT2D eigenvalue weighted by Gasteiger charge is 2.26. The first-order valence-electron chi connectivity index (χ1n) is 6.44. The van der Waals surface area contributed by atoms with Crippen LogP contribution >= 0.6 is 11.8 Å². The van der Waals surface area contributed by atoms with Crippen LogP contribution in [0.1, 0.15) is 38.3 Å². The van der Waals surface area contributed by atoms with Crippen molar-refractivity contribution in [1.29, 1.82) is 0 Å². The summed E-state index contributed by atoms with van der Waals surface area (Å²) in [6, 6.07) is 4.99. The van der Waals surface area contributed by atoms with Crippen LogP contribution < -0.4 is 0 Å². The van der Waals surface area contributed by atoms with Crippen molar-refractivity contribution >= 4 is 11.8 Å². The molecule has 1 aromatic rings. The van der Waals surface area contributed by atoms with Gasteiger partial charge < -0.3 is 0 Å². The predicted octanol–water partition coefficient (Wildman–Crippen LogP) is 3.60. The zero-order valence-corrected chi connectivity index (χ0v) is 11.8. The van der Waals surface area contributed by atoms with Crippen LogP contribution in [0.3, 0.4) is 0 Å². The summed E-state index contributed by atoms with van der Waals surface area (Å²) in [4.78, 5) is 7.10. The van der Waals surface area contributed by atoms with Gasteiger partial charge in [0, 0.05) is 18.8 Å². The minimum atomic E-state index is 0.598. The third-order valence-electron chi connectivity index (χ3n) is 3.32. The molecule has 0 aromatic carbocycles. The van der Waals surface area contributed by atoms with Gasteiger partial charge in [-0.15, -0.1) is 11.8 Å². The van der Waals surface area contributed by atoms with Crippen LogP contribution in [0.4, 0.5) is 0 Å². The second kappa shape index (κ2) is 5.87. The molecule has 0 saturated carbocycles. The predicted molar refractivity (Wildman–Crippen MR) is 74.4 cm³/mol. The molecule has 2 rings (SSSR count). The van der Waals surface area contributed by atoms with E-state index in [2.05, 4.69) is 48.3 Å². The van der Waals surface area contributed by atoms with Crippen molar-refractivity contribution in [3.63, 3.8) is 0 Å². The topological polar surface area (TPSA) is 16.1 Å². The first-order valence-corrected chi connectivity index (χ1v) is 7.67. The summed E-state index contributed by atoms with van der Waals surface area (Å²) in [6.45, 7) is 7.04. The number of hydrogen-bond acceptors (Lipinski definition) is 3. The van der Waals surface area contributed by atoms with Crippen LogP contribution in [0.25, 0.3) is 0 Å². The molecule has 0 spiro atoms. The highest BCUT2D eigenvalue weighted by atomic mass is 32.2. The first-order chi connectivity index (χ1) is 8.20. The van der Waals surface area contributed by atoms with Gasteiger partial charge in [-0.1, -0.05) is 19.9 Å². The van der Waals surface area contributed by atoms with Crippen LogP contribution in [0.5, 0.6) is 0 Å². The first kappa shape index (κ1) is 12.9. The molecule has 94 valence electrons. The van der Waals surface area contributed by atoms with Gasteiger partial charge in [-0.25, -0.2) is 4.98 Å². The number of pyridine rings is 1. The molecule has 1 aromatic heterocycles. The van der Waals surface area contributed by atoms with Gasteiger partial charge in [0.2, 0.25) is 0 Å². The summed E-state index contributed by atoms with van der Waals surface area (Å²) in [6.07, 6.45) is 6.74. The maximum atomic E-state index is 4.49. The molecule has 3 heteroatoms. The van der Waals surface area contributed by atoms with Gasteiger partial charge in [0.25, 0.3) is 0 Å². The van der Waals surface area contributed by atoms with E-state index in [0.29, 0.717) is 6.04 Å². The van der Waals surface area contributed by atoms with Gasteiger partial charge in [0.05, 0.1) is 5.03 Å². The smallest absolute Gasteiger partial charge is 0.0957 e. The third-order valence-corrected chi connectivity index (χ3v) is 3.98. The summed E-state index contributed by atoms with van der Waals surface area (Å²) in [5.41, 5.74) is 1.39. The summed E-state index contributed by atoms with van der Waals surface area (Å²) in [7, 11) is 0. The van der Waals surface area contributed by atoms with Crippen molar-refractivity contribution in [2.75, 3.05) is 19.3 Å². The van der Waals surface area contributed by atoms with Crippen molar-refractivity contribution in [2.24, 2.45) is 5.92 Å². The zero-order chi connectivity index (χ0) is 12.3. The van der Waals surface area contributed by atoms with Crippen molar-refractivity contribution in [2.45, 2.75) is 37.8 Å². The van der Waals surface area contributed by atoms with Crippen molar-refractivity contribution in [3.05, 3.63) is 23.9 Å². The van der Waals surface area contributed by atoms with Crippen molar-refractivity contribution in [3.8, 4) is 0 Å². The van der Waals surface area contributed by atoms with Crippen LogP contribution in [0, 0.1) is 5.92 Å². The molecule has 0 amide bonds. The van der Waals surface area contributed by atoms with Gasteiger partial charge in [0.1, 0.15) is 0 Å². The Morgan fingerprint density at radius 1 is 1.47 bits per heavy atom. The highest BCUT2D eigenvalue weighted by Crippen LogP contribution is 2.32. The van der Waals surface area contributed by atoms with E-state index in [0.717, 1.165) is 10.9 Å². The molecule has 0 aliphatic carbocycles. The van der Waals surface area contributed by atoms with E-state index in [-0.39, 0.29) is 0 Å². The molecule has 0 bridgehead atoms. The largest absolute Gasteiger partial charge is 0.296 e. The number of aromatic nitrogens is 1. The molecule has 1 atom stereocenters. The van der Waals surface area contributed by atoms with E-state index in [9.17, 15) is 0 Å². The molecule has 0 radical (unpaired) electrons. The second-order valence-corrected chi connectivity index (χ2v) is 6.01. The number of thioether (sulfide) groups is 1. The van der Waals surface area contributed by atoms with E-state index < -0.39 is 0 Å². The Hall–Kier alpha value is -0.540. The van der Waals surface area contributed by atoms with Gasteiger partial charge in [-0.2, -0.15) is 0 Å². The van der Waals surface area contributed by atoms with E-state index in [1.165, 1.54) is 31.5 Å².